The molecule has 2 aromatic carbocycles. The zero-order valence-corrected chi connectivity index (χ0v) is 21.1. The quantitative estimate of drug-likeness (QED) is 0.603. The number of halogens is 2. The van der Waals surface area contributed by atoms with E-state index in [4.69, 9.17) is 17.3 Å². The number of amides is 3. The van der Waals surface area contributed by atoms with Gasteiger partial charge in [0.15, 0.2) is 0 Å². The summed E-state index contributed by atoms with van der Waals surface area (Å²) in [5, 5.41) is 3.86. The largest absolute Gasteiger partial charge is 0.351 e. The highest BCUT2D eigenvalue weighted by Crippen LogP contribution is 2.42. The minimum absolute atomic E-state index is 0.0401. The van der Waals surface area contributed by atoms with Crippen LogP contribution in [-0.2, 0) is 17.6 Å². The molecule has 6 nitrogen and oxygen atoms in total. The summed E-state index contributed by atoms with van der Waals surface area (Å²) in [5.74, 6) is -0.0401. The molecule has 3 amide bonds. The number of fused-ring (bicyclic) bond motifs is 2. The van der Waals surface area contributed by atoms with Crippen molar-refractivity contribution in [1.82, 2.24) is 15.1 Å². The maximum absolute atomic E-state index is 13.5. The Morgan fingerprint density at radius 1 is 1.03 bits per heavy atom. The molecule has 0 unspecified atom stereocenters. The number of carbonyl (C=O) groups excluding carboxylic acids is 2. The Labute approximate surface area is 212 Å². The fourth-order valence-corrected chi connectivity index (χ4v) is 5.62. The number of primary amides is 1. The Kier molecular flexibility index (Phi) is 6.51. The van der Waals surface area contributed by atoms with E-state index in [1.165, 1.54) is 11.1 Å². The summed E-state index contributed by atoms with van der Waals surface area (Å²) in [6.45, 7) is 4.06. The lowest BCUT2D eigenvalue weighted by molar-refractivity contribution is -0.115. The van der Waals surface area contributed by atoms with Crippen molar-refractivity contribution in [2.75, 3.05) is 39.3 Å². The van der Waals surface area contributed by atoms with Crippen molar-refractivity contribution in [3.63, 3.8) is 0 Å². The van der Waals surface area contributed by atoms with Gasteiger partial charge in [-0.15, -0.1) is 0 Å². The average molecular weight is 542 g/mol. The minimum atomic E-state index is -0.371. The molecular weight excluding hydrogens is 516 g/mol. The molecule has 8 heteroatoms. The molecule has 2 aromatic rings. The summed E-state index contributed by atoms with van der Waals surface area (Å²) < 4.78 is 1.01. The van der Waals surface area contributed by atoms with Crippen LogP contribution in [-0.4, -0.2) is 61.0 Å². The van der Waals surface area contributed by atoms with Gasteiger partial charge < -0.3 is 16.0 Å². The number of benzene rings is 2. The van der Waals surface area contributed by atoms with Crippen LogP contribution in [0.1, 0.15) is 22.3 Å². The SMILES string of the molecule is NC(=O)N1CCN(CCNC(=O)C2=C(C3=Cc4cc(Cl)ccc4C3)Cc3cc(Br)ccc32)CC1. The minimum Gasteiger partial charge on any atom is -0.351 e. The first kappa shape index (κ1) is 23.1. The highest BCUT2D eigenvalue weighted by molar-refractivity contribution is 9.10. The molecule has 3 aliphatic rings. The van der Waals surface area contributed by atoms with Crippen molar-refractivity contribution >= 4 is 51.1 Å². The average Bonchev–Trinajstić information content (AvgIpc) is 3.39. The van der Waals surface area contributed by atoms with Gasteiger partial charge in [0.2, 0.25) is 0 Å². The van der Waals surface area contributed by atoms with E-state index in [-0.39, 0.29) is 11.9 Å². The van der Waals surface area contributed by atoms with Crippen LogP contribution in [0.4, 0.5) is 4.79 Å². The number of allylic oxidation sites excluding steroid dienone is 2. The number of hydrogen-bond acceptors (Lipinski definition) is 3. The molecule has 0 spiro atoms. The van der Waals surface area contributed by atoms with Crippen LogP contribution < -0.4 is 11.1 Å². The summed E-state index contributed by atoms with van der Waals surface area (Å²) in [4.78, 5) is 28.7. The van der Waals surface area contributed by atoms with Gasteiger partial charge in [0.25, 0.3) is 5.91 Å². The molecule has 0 bridgehead atoms. The van der Waals surface area contributed by atoms with Crippen molar-refractivity contribution in [3.8, 4) is 0 Å². The fourth-order valence-electron chi connectivity index (χ4n) is 5.03. The Bertz CT molecular complexity index is 1230. The molecule has 34 heavy (non-hydrogen) atoms. The predicted octanol–water partition coefficient (Wildman–Crippen LogP) is 3.86. The zero-order valence-electron chi connectivity index (χ0n) is 18.7. The lowest BCUT2D eigenvalue weighted by Crippen LogP contribution is -2.51. The number of nitrogens with two attached hydrogens (primary N) is 1. The molecule has 0 radical (unpaired) electrons. The second-order valence-corrected chi connectivity index (χ2v) is 10.3. The van der Waals surface area contributed by atoms with Gasteiger partial charge in [-0.1, -0.05) is 45.7 Å². The van der Waals surface area contributed by atoms with Gasteiger partial charge in [-0.3, -0.25) is 9.69 Å². The molecular formula is C26H26BrClN4O2. The highest BCUT2D eigenvalue weighted by Gasteiger charge is 2.30. The molecule has 3 N–H and O–H groups in total. The maximum Gasteiger partial charge on any atom is 0.314 e. The summed E-state index contributed by atoms with van der Waals surface area (Å²) in [6.07, 6.45) is 3.71. The van der Waals surface area contributed by atoms with Crippen LogP contribution >= 0.6 is 27.5 Å². The van der Waals surface area contributed by atoms with Crippen LogP contribution in [0.3, 0.4) is 0 Å². The van der Waals surface area contributed by atoms with Crippen LogP contribution in [0.15, 0.2) is 52.0 Å². The third kappa shape index (κ3) is 4.65. The van der Waals surface area contributed by atoms with E-state index in [0.29, 0.717) is 19.6 Å². The lowest BCUT2D eigenvalue weighted by atomic mass is 9.98. The van der Waals surface area contributed by atoms with E-state index < -0.39 is 0 Å². The number of nitrogens with zero attached hydrogens (tertiary/aromatic N) is 2. The first-order chi connectivity index (χ1) is 16.4. The third-order valence-electron chi connectivity index (χ3n) is 6.84. The van der Waals surface area contributed by atoms with Gasteiger partial charge in [-0.2, -0.15) is 0 Å². The standard InChI is InChI=1S/C26H26BrClN4O2/c27-20-2-4-22-19(13-20)15-23(18-11-16-1-3-21(28)14-17(16)12-18)24(22)25(33)30-5-6-31-7-9-32(10-8-31)26(29)34/h1-4,12-14H,5-11,15H2,(H2,29,34)(H,30,33). The fraction of sp³-hybridized carbons (Fsp3) is 0.308. The molecule has 1 saturated heterocycles. The van der Waals surface area contributed by atoms with Crippen LogP contribution in [0.25, 0.3) is 11.6 Å². The first-order valence-electron chi connectivity index (χ1n) is 11.5. The van der Waals surface area contributed by atoms with Crippen LogP contribution in [0, 0.1) is 0 Å². The van der Waals surface area contributed by atoms with E-state index in [2.05, 4.69) is 44.4 Å². The normalized spacial score (nSPS) is 17.5. The van der Waals surface area contributed by atoms with Crippen molar-refractivity contribution < 1.29 is 9.59 Å². The maximum atomic E-state index is 13.5. The summed E-state index contributed by atoms with van der Waals surface area (Å²) in [7, 11) is 0. The highest BCUT2D eigenvalue weighted by atomic mass is 79.9. The van der Waals surface area contributed by atoms with Crippen LogP contribution in [0.2, 0.25) is 5.02 Å². The van der Waals surface area contributed by atoms with Crippen molar-refractivity contribution in [3.05, 3.63) is 79.3 Å². The lowest BCUT2D eigenvalue weighted by Gasteiger charge is -2.33. The zero-order chi connectivity index (χ0) is 23.8. The van der Waals surface area contributed by atoms with E-state index >= 15 is 0 Å². The Morgan fingerprint density at radius 3 is 2.59 bits per heavy atom. The van der Waals surface area contributed by atoms with Crippen molar-refractivity contribution in [1.29, 1.82) is 0 Å². The molecule has 5 rings (SSSR count). The van der Waals surface area contributed by atoms with Gasteiger partial charge in [-0.05, 0) is 70.5 Å². The monoisotopic (exact) mass is 540 g/mol. The van der Waals surface area contributed by atoms with Gasteiger partial charge in [0.1, 0.15) is 0 Å². The first-order valence-corrected chi connectivity index (χ1v) is 12.6. The van der Waals surface area contributed by atoms with Crippen LogP contribution in [0.5, 0.6) is 0 Å². The number of carbonyl (C=O) groups is 2. The molecule has 176 valence electrons. The Hall–Kier alpha value is -2.61. The Morgan fingerprint density at radius 2 is 1.82 bits per heavy atom. The molecule has 0 saturated carbocycles. The molecule has 0 aromatic heterocycles. The predicted molar refractivity (Wildman–Crippen MR) is 139 cm³/mol. The summed E-state index contributed by atoms with van der Waals surface area (Å²) in [6, 6.07) is 11.7. The number of rotatable bonds is 5. The number of nitrogens with one attached hydrogen (secondary N) is 1. The van der Waals surface area contributed by atoms with E-state index in [1.54, 1.807) is 4.90 Å². The smallest absolute Gasteiger partial charge is 0.314 e. The Balaban J connectivity index is 1.32. The molecule has 2 aliphatic carbocycles. The molecule has 1 heterocycles. The van der Waals surface area contributed by atoms with Gasteiger partial charge in [-0.25, -0.2) is 4.79 Å². The number of piperazine rings is 1. The molecule has 0 atom stereocenters. The third-order valence-corrected chi connectivity index (χ3v) is 7.56. The van der Waals surface area contributed by atoms with E-state index in [1.807, 2.05) is 24.3 Å². The second kappa shape index (κ2) is 9.56. The van der Waals surface area contributed by atoms with E-state index in [0.717, 1.165) is 69.8 Å². The van der Waals surface area contributed by atoms with Crippen molar-refractivity contribution in [2.45, 2.75) is 12.8 Å². The summed E-state index contributed by atoms with van der Waals surface area (Å²) >= 11 is 9.77. The number of urea groups is 1. The molecule has 1 aliphatic heterocycles. The molecule has 1 fully saturated rings. The second-order valence-electron chi connectivity index (χ2n) is 8.94. The van der Waals surface area contributed by atoms with Gasteiger partial charge in [0.05, 0.1) is 5.57 Å². The van der Waals surface area contributed by atoms with Gasteiger partial charge >= 0.3 is 6.03 Å². The van der Waals surface area contributed by atoms with E-state index in [9.17, 15) is 9.59 Å². The number of hydrogen-bond donors (Lipinski definition) is 2. The van der Waals surface area contributed by atoms with Crippen molar-refractivity contribution in [2.24, 2.45) is 5.73 Å². The topological polar surface area (TPSA) is 78.7 Å². The van der Waals surface area contributed by atoms with Gasteiger partial charge in [0, 0.05) is 48.8 Å². The summed E-state index contributed by atoms with van der Waals surface area (Å²) in [5.41, 5.74) is 12.9.